The summed E-state index contributed by atoms with van der Waals surface area (Å²) >= 11 is 0. The maximum atomic E-state index is 11.7. The molecule has 0 rings (SSSR count). The molecule has 0 aromatic carbocycles. The third-order valence-corrected chi connectivity index (χ3v) is 2.79. The van der Waals surface area contributed by atoms with Gasteiger partial charge in [0.15, 0.2) is 0 Å². The largest absolute Gasteiger partial charge is 0.402 e. The molecule has 5 nitrogen and oxygen atoms in total. The summed E-state index contributed by atoms with van der Waals surface area (Å²) in [5.41, 5.74) is 0. The van der Waals surface area contributed by atoms with Crippen LogP contribution in [0.1, 0.15) is 13.8 Å². The van der Waals surface area contributed by atoms with Crippen LogP contribution >= 0.6 is 0 Å². The zero-order valence-electron chi connectivity index (χ0n) is 8.87. The Labute approximate surface area is 92.2 Å². The van der Waals surface area contributed by atoms with Crippen LogP contribution in [0.2, 0.25) is 0 Å². The molecule has 0 saturated carbocycles. The Bertz CT molecular complexity index is 302. The van der Waals surface area contributed by atoms with Crippen LogP contribution in [0.15, 0.2) is 0 Å². The molecular formula is C7H15F3N2O3S. The van der Waals surface area contributed by atoms with E-state index in [1.54, 1.807) is 13.8 Å². The monoisotopic (exact) mass is 264 g/mol. The second-order valence-corrected chi connectivity index (χ2v) is 5.18. The van der Waals surface area contributed by atoms with E-state index in [0.29, 0.717) is 0 Å². The molecule has 98 valence electrons. The highest BCUT2D eigenvalue weighted by molar-refractivity contribution is 7.87. The van der Waals surface area contributed by atoms with E-state index >= 15 is 0 Å². The first kappa shape index (κ1) is 15.6. The van der Waals surface area contributed by atoms with E-state index < -0.39 is 29.0 Å². The number of rotatable bonds is 6. The molecule has 0 fully saturated rings. The molecule has 1 atom stereocenters. The molecule has 0 amide bonds. The van der Waals surface area contributed by atoms with Crippen molar-refractivity contribution in [2.45, 2.75) is 26.1 Å². The zero-order chi connectivity index (χ0) is 13.0. The molecule has 0 spiro atoms. The highest BCUT2D eigenvalue weighted by Gasteiger charge is 2.29. The molecule has 0 aliphatic rings. The highest BCUT2D eigenvalue weighted by atomic mass is 32.2. The Morgan fingerprint density at radius 2 is 1.75 bits per heavy atom. The third-order valence-electron chi connectivity index (χ3n) is 1.71. The van der Waals surface area contributed by atoms with E-state index in [4.69, 9.17) is 0 Å². The lowest BCUT2D eigenvalue weighted by Crippen LogP contribution is -2.44. The predicted molar refractivity (Wildman–Crippen MR) is 51.8 cm³/mol. The number of alkyl halides is 3. The molecule has 1 unspecified atom stereocenters. The Morgan fingerprint density at radius 3 is 2.12 bits per heavy atom. The van der Waals surface area contributed by atoms with Gasteiger partial charge >= 0.3 is 6.18 Å². The second-order valence-electron chi connectivity index (χ2n) is 3.60. The van der Waals surface area contributed by atoms with Gasteiger partial charge in [0.2, 0.25) is 0 Å². The summed E-state index contributed by atoms with van der Waals surface area (Å²) in [4.78, 5) is 0. The van der Waals surface area contributed by atoms with Gasteiger partial charge in [0.05, 0.1) is 6.10 Å². The minimum Gasteiger partial charge on any atom is -0.391 e. The van der Waals surface area contributed by atoms with Crippen molar-refractivity contribution in [3.8, 4) is 0 Å². The van der Waals surface area contributed by atoms with E-state index in [0.717, 1.165) is 0 Å². The van der Waals surface area contributed by atoms with Gasteiger partial charge in [-0.25, -0.2) is 0 Å². The Hall–Kier alpha value is -0.380. The minimum atomic E-state index is -4.61. The first-order valence-corrected chi connectivity index (χ1v) is 6.01. The standard InChI is InChI=1S/C7H15F3N2O3S/c1-5(2)6(13)3-11-16(14,15)12-4-7(8,9)10/h5-6,11-13H,3-4H2,1-2H3. The number of halogens is 3. The molecule has 0 aromatic rings. The van der Waals surface area contributed by atoms with Gasteiger partial charge in [-0.3, -0.25) is 0 Å². The van der Waals surface area contributed by atoms with Crippen LogP contribution in [-0.2, 0) is 10.2 Å². The van der Waals surface area contributed by atoms with Crippen LogP contribution in [0.5, 0.6) is 0 Å². The van der Waals surface area contributed by atoms with Gasteiger partial charge in [-0.15, -0.1) is 0 Å². The van der Waals surface area contributed by atoms with Gasteiger partial charge < -0.3 is 5.11 Å². The van der Waals surface area contributed by atoms with Gasteiger partial charge in [-0.05, 0) is 5.92 Å². The lowest BCUT2D eigenvalue weighted by Gasteiger charge is -2.15. The van der Waals surface area contributed by atoms with Gasteiger partial charge in [0.25, 0.3) is 10.2 Å². The molecule has 0 heterocycles. The van der Waals surface area contributed by atoms with E-state index in [1.165, 1.54) is 4.72 Å². The first-order chi connectivity index (χ1) is 7.03. The zero-order valence-corrected chi connectivity index (χ0v) is 9.69. The fourth-order valence-electron chi connectivity index (χ4n) is 0.659. The first-order valence-electron chi connectivity index (χ1n) is 4.52. The van der Waals surface area contributed by atoms with Crippen LogP contribution in [0.25, 0.3) is 0 Å². The van der Waals surface area contributed by atoms with Gasteiger partial charge in [-0.1, -0.05) is 13.8 Å². The van der Waals surface area contributed by atoms with Crippen LogP contribution in [0.3, 0.4) is 0 Å². The summed E-state index contributed by atoms with van der Waals surface area (Å²) in [6, 6.07) is 0. The van der Waals surface area contributed by atoms with Crippen molar-refractivity contribution in [2.24, 2.45) is 5.92 Å². The summed E-state index contributed by atoms with van der Waals surface area (Å²) in [7, 11) is -4.22. The Balaban J connectivity index is 4.07. The van der Waals surface area contributed by atoms with Gasteiger partial charge in [0.1, 0.15) is 6.54 Å². The summed E-state index contributed by atoms with van der Waals surface area (Å²) in [6.45, 7) is 1.34. The van der Waals surface area contributed by atoms with Crippen LogP contribution < -0.4 is 9.44 Å². The SMILES string of the molecule is CC(C)C(O)CNS(=O)(=O)NCC(F)(F)F. The molecule has 0 aliphatic heterocycles. The normalized spacial score (nSPS) is 15.4. The molecule has 0 saturated heterocycles. The van der Waals surface area contributed by atoms with Crippen LogP contribution in [0.4, 0.5) is 13.2 Å². The van der Waals surface area contributed by atoms with Crippen molar-refractivity contribution in [1.82, 2.24) is 9.44 Å². The molecular weight excluding hydrogens is 249 g/mol. The third kappa shape index (κ3) is 7.85. The van der Waals surface area contributed by atoms with E-state index in [1.807, 2.05) is 4.72 Å². The van der Waals surface area contributed by atoms with Crippen molar-refractivity contribution in [3.63, 3.8) is 0 Å². The summed E-state index contributed by atoms with van der Waals surface area (Å²) < 4.78 is 60.2. The summed E-state index contributed by atoms with van der Waals surface area (Å²) in [5.74, 6) is -0.190. The molecule has 16 heavy (non-hydrogen) atoms. The molecule has 3 N–H and O–H groups in total. The summed E-state index contributed by atoms with van der Waals surface area (Å²) in [6.07, 6.45) is -5.55. The minimum absolute atomic E-state index is 0.190. The topological polar surface area (TPSA) is 78.4 Å². The van der Waals surface area contributed by atoms with Crippen molar-refractivity contribution < 1.29 is 26.7 Å². The van der Waals surface area contributed by atoms with Crippen molar-refractivity contribution in [3.05, 3.63) is 0 Å². The van der Waals surface area contributed by atoms with Crippen molar-refractivity contribution in [1.29, 1.82) is 0 Å². The number of hydrogen-bond donors (Lipinski definition) is 3. The van der Waals surface area contributed by atoms with E-state index in [2.05, 4.69) is 0 Å². The fraction of sp³-hybridized carbons (Fsp3) is 1.00. The lowest BCUT2D eigenvalue weighted by molar-refractivity contribution is -0.121. The number of nitrogens with one attached hydrogen (secondary N) is 2. The second kappa shape index (κ2) is 5.80. The van der Waals surface area contributed by atoms with Crippen LogP contribution in [-0.4, -0.2) is 38.9 Å². The summed E-state index contributed by atoms with van der Waals surface area (Å²) in [5, 5.41) is 9.24. The van der Waals surface area contributed by atoms with E-state index in [-0.39, 0.29) is 12.5 Å². The van der Waals surface area contributed by atoms with Gasteiger partial charge in [-0.2, -0.15) is 31.0 Å². The quantitative estimate of drug-likeness (QED) is 0.631. The lowest BCUT2D eigenvalue weighted by atomic mass is 10.1. The number of aliphatic hydroxyl groups excluding tert-OH is 1. The molecule has 0 bridgehead atoms. The predicted octanol–water partition coefficient (Wildman–Crippen LogP) is -0.0104. The smallest absolute Gasteiger partial charge is 0.391 e. The molecule has 0 radical (unpaired) electrons. The average molecular weight is 264 g/mol. The number of aliphatic hydroxyl groups is 1. The van der Waals surface area contributed by atoms with Gasteiger partial charge in [0, 0.05) is 6.54 Å². The Morgan fingerprint density at radius 1 is 1.25 bits per heavy atom. The maximum Gasteiger partial charge on any atom is 0.402 e. The molecule has 0 aromatic heterocycles. The van der Waals surface area contributed by atoms with E-state index in [9.17, 15) is 26.7 Å². The van der Waals surface area contributed by atoms with Crippen LogP contribution in [0, 0.1) is 5.92 Å². The molecule has 0 aliphatic carbocycles. The Kier molecular flexibility index (Phi) is 5.66. The highest BCUT2D eigenvalue weighted by Crippen LogP contribution is 2.12. The maximum absolute atomic E-state index is 11.7. The average Bonchev–Trinajstić information content (AvgIpc) is 2.10. The van der Waals surface area contributed by atoms with Crippen molar-refractivity contribution in [2.75, 3.05) is 13.1 Å². The number of hydrogen-bond acceptors (Lipinski definition) is 3. The van der Waals surface area contributed by atoms with Crippen molar-refractivity contribution >= 4 is 10.2 Å². The fourth-order valence-corrected chi connectivity index (χ4v) is 1.50. The molecule has 9 heteroatoms.